The van der Waals surface area contributed by atoms with E-state index in [1.165, 1.54) is 33.1 Å². The molecule has 0 aliphatic carbocycles. The molecule has 2 aromatic rings. The number of aromatic amines is 1. The van der Waals surface area contributed by atoms with E-state index in [4.69, 9.17) is 14.2 Å². The van der Waals surface area contributed by atoms with Gasteiger partial charge in [-0.05, 0) is 57.5 Å². The van der Waals surface area contributed by atoms with Gasteiger partial charge in [0, 0.05) is 22.9 Å². The van der Waals surface area contributed by atoms with E-state index in [2.05, 4.69) is 4.98 Å². The molecular weight excluding hydrogens is 374 g/mol. The summed E-state index contributed by atoms with van der Waals surface area (Å²) < 4.78 is 15.7. The molecule has 1 atom stereocenters. The zero-order valence-corrected chi connectivity index (χ0v) is 17.4. The summed E-state index contributed by atoms with van der Waals surface area (Å²) in [5.41, 5.74) is 2.55. The minimum atomic E-state index is -1.02. The van der Waals surface area contributed by atoms with Crippen molar-refractivity contribution in [2.24, 2.45) is 0 Å². The number of nitrogens with one attached hydrogen (secondary N) is 1. The third kappa shape index (κ3) is 4.93. The van der Waals surface area contributed by atoms with Crippen LogP contribution >= 0.6 is 0 Å². The van der Waals surface area contributed by atoms with Crippen molar-refractivity contribution < 1.29 is 28.6 Å². The minimum Gasteiger partial charge on any atom is -0.497 e. The van der Waals surface area contributed by atoms with Crippen molar-refractivity contribution in [3.05, 3.63) is 52.4 Å². The van der Waals surface area contributed by atoms with E-state index in [9.17, 15) is 14.4 Å². The molecule has 1 heterocycles. The summed E-state index contributed by atoms with van der Waals surface area (Å²) >= 11 is 0. The number of rotatable bonds is 8. The highest BCUT2D eigenvalue weighted by Crippen LogP contribution is 2.25. The molecule has 1 N–H and O–H groups in total. The number of ketones is 2. The molecule has 0 aliphatic heterocycles. The lowest BCUT2D eigenvalue weighted by Crippen LogP contribution is -2.24. The first kappa shape index (κ1) is 21.9. The number of esters is 1. The van der Waals surface area contributed by atoms with E-state index >= 15 is 0 Å². The molecule has 1 aromatic carbocycles. The zero-order valence-electron chi connectivity index (χ0n) is 17.4. The number of methoxy groups -OCH3 is 2. The normalized spacial score (nSPS) is 11.9. The second-order valence-corrected chi connectivity index (χ2v) is 6.57. The summed E-state index contributed by atoms with van der Waals surface area (Å²) in [6, 6.07) is 5.18. The SMILES string of the molecule is COc1ccc(OC)c(/C=C/C(=O)O[C@@H](C)C(=O)c2[nH]c(C)c(C(C)=O)c2C)c1. The zero-order chi connectivity index (χ0) is 21.7. The van der Waals surface area contributed by atoms with Crippen molar-refractivity contribution in [3.63, 3.8) is 0 Å². The summed E-state index contributed by atoms with van der Waals surface area (Å²) in [7, 11) is 3.06. The van der Waals surface area contributed by atoms with Gasteiger partial charge in [0.25, 0.3) is 0 Å². The Kier molecular flexibility index (Phi) is 6.98. The van der Waals surface area contributed by atoms with Gasteiger partial charge in [-0.1, -0.05) is 0 Å². The molecule has 0 fully saturated rings. The lowest BCUT2D eigenvalue weighted by Gasteiger charge is -2.11. The Labute approximate surface area is 169 Å². The van der Waals surface area contributed by atoms with Crippen LogP contribution in [0.4, 0.5) is 0 Å². The molecule has 7 heteroatoms. The number of hydrogen-bond acceptors (Lipinski definition) is 6. The van der Waals surface area contributed by atoms with E-state index in [-0.39, 0.29) is 11.5 Å². The van der Waals surface area contributed by atoms with Crippen LogP contribution in [0.1, 0.15) is 51.5 Å². The van der Waals surface area contributed by atoms with Crippen LogP contribution in [0.5, 0.6) is 11.5 Å². The Morgan fingerprint density at radius 3 is 2.34 bits per heavy atom. The average Bonchev–Trinajstić information content (AvgIpc) is 2.99. The monoisotopic (exact) mass is 399 g/mol. The number of ether oxygens (including phenoxy) is 3. The van der Waals surface area contributed by atoms with E-state index in [1.54, 1.807) is 39.2 Å². The summed E-state index contributed by atoms with van der Waals surface area (Å²) in [4.78, 5) is 39.5. The van der Waals surface area contributed by atoms with Gasteiger partial charge in [0.05, 0.1) is 19.9 Å². The van der Waals surface area contributed by atoms with E-state index in [0.717, 1.165) is 0 Å². The molecule has 0 bridgehead atoms. The maximum atomic E-state index is 12.7. The van der Waals surface area contributed by atoms with Gasteiger partial charge in [0.15, 0.2) is 11.9 Å². The summed E-state index contributed by atoms with van der Waals surface area (Å²) in [5.74, 6) is -0.0353. The molecule has 0 spiro atoms. The number of H-pyrrole nitrogens is 1. The van der Waals surface area contributed by atoms with Crippen LogP contribution in [0.3, 0.4) is 0 Å². The highest BCUT2D eigenvalue weighted by Gasteiger charge is 2.25. The first-order valence-corrected chi connectivity index (χ1v) is 9.04. The summed E-state index contributed by atoms with van der Waals surface area (Å²) in [6.07, 6.45) is 1.73. The molecule has 2 rings (SSSR count). The number of Topliss-reactive ketones (excluding diaryl/α,β-unsaturated/α-hetero) is 2. The standard InChI is InChI=1S/C22H25NO6/c1-12-20(14(3)24)13(2)23-21(12)22(26)15(4)29-19(25)10-7-16-11-17(27-5)8-9-18(16)28-6/h7-11,15,23H,1-6H3/b10-7+/t15-/m0/s1. The van der Waals surface area contributed by atoms with Gasteiger partial charge >= 0.3 is 5.97 Å². The van der Waals surface area contributed by atoms with E-state index in [0.29, 0.717) is 33.9 Å². The highest BCUT2D eigenvalue weighted by atomic mass is 16.5. The Bertz CT molecular complexity index is 970. The van der Waals surface area contributed by atoms with Crippen LogP contribution in [0.2, 0.25) is 0 Å². The van der Waals surface area contributed by atoms with Crippen LogP contribution in [0.25, 0.3) is 6.08 Å². The van der Waals surface area contributed by atoms with Crippen LogP contribution in [0, 0.1) is 13.8 Å². The van der Waals surface area contributed by atoms with Crippen LogP contribution in [-0.2, 0) is 9.53 Å². The molecule has 0 saturated carbocycles. The van der Waals surface area contributed by atoms with Crippen molar-refractivity contribution in [1.29, 1.82) is 0 Å². The maximum absolute atomic E-state index is 12.7. The van der Waals surface area contributed by atoms with Crippen molar-refractivity contribution in [3.8, 4) is 11.5 Å². The first-order valence-electron chi connectivity index (χ1n) is 9.04. The topological polar surface area (TPSA) is 94.7 Å². The highest BCUT2D eigenvalue weighted by molar-refractivity contribution is 6.05. The van der Waals surface area contributed by atoms with E-state index in [1.807, 2.05) is 0 Å². The Morgan fingerprint density at radius 2 is 1.79 bits per heavy atom. The fourth-order valence-corrected chi connectivity index (χ4v) is 3.12. The van der Waals surface area contributed by atoms with Crippen molar-refractivity contribution in [2.75, 3.05) is 14.2 Å². The molecule has 0 aliphatic rings. The number of aryl methyl sites for hydroxylation is 1. The molecule has 7 nitrogen and oxygen atoms in total. The van der Waals surface area contributed by atoms with Gasteiger partial charge in [-0.15, -0.1) is 0 Å². The Hall–Kier alpha value is -3.35. The molecule has 0 saturated heterocycles. The molecule has 0 unspecified atom stereocenters. The Morgan fingerprint density at radius 1 is 1.10 bits per heavy atom. The molecule has 0 radical (unpaired) electrons. The molecule has 29 heavy (non-hydrogen) atoms. The smallest absolute Gasteiger partial charge is 0.331 e. The maximum Gasteiger partial charge on any atom is 0.331 e. The van der Waals surface area contributed by atoms with Gasteiger partial charge in [0.1, 0.15) is 11.5 Å². The number of carbonyl (C=O) groups is 3. The second kappa shape index (κ2) is 9.23. The van der Waals surface area contributed by atoms with Crippen LogP contribution in [0.15, 0.2) is 24.3 Å². The fourth-order valence-electron chi connectivity index (χ4n) is 3.12. The number of aromatic nitrogens is 1. The third-order valence-electron chi connectivity index (χ3n) is 4.53. The number of benzene rings is 1. The predicted molar refractivity (Wildman–Crippen MR) is 109 cm³/mol. The number of hydrogen-bond donors (Lipinski definition) is 1. The van der Waals surface area contributed by atoms with Gasteiger partial charge < -0.3 is 19.2 Å². The predicted octanol–water partition coefficient (Wildman–Crippen LogP) is 3.68. The largest absolute Gasteiger partial charge is 0.497 e. The molecular formula is C22H25NO6. The van der Waals surface area contributed by atoms with Crippen LogP contribution in [-0.4, -0.2) is 42.8 Å². The summed E-state index contributed by atoms with van der Waals surface area (Å²) in [5, 5.41) is 0. The minimum absolute atomic E-state index is 0.130. The first-order chi connectivity index (χ1) is 13.7. The summed E-state index contributed by atoms with van der Waals surface area (Å²) in [6.45, 7) is 6.35. The van der Waals surface area contributed by atoms with Gasteiger partial charge in [-0.2, -0.15) is 0 Å². The fraction of sp³-hybridized carbons (Fsp3) is 0.318. The average molecular weight is 399 g/mol. The number of carbonyl (C=O) groups excluding carboxylic acids is 3. The van der Waals surface area contributed by atoms with Crippen LogP contribution < -0.4 is 9.47 Å². The Balaban J connectivity index is 2.13. The van der Waals surface area contributed by atoms with Gasteiger partial charge in [0.2, 0.25) is 5.78 Å². The van der Waals surface area contributed by atoms with Crippen molar-refractivity contribution >= 4 is 23.6 Å². The third-order valence-corrected chi connectivity index (χ3v) is 4.53. The lowest BCUT2D eigenvalue weighted by atomic mass is 10.0. The van der Waals surface area contributed by atoms with Crippen molar-refractivity contribution in [1.82, 2.24) is 4.98 Å². The molecule has 1 aromatic heterocycles. The van der Waals surface area contributed by atoms with E-state index < -0.39 is 17.9 Å². The quantitative estimate of drug-likeness (QED) is 0.413. The van der Waals surface area contributed by atoms with Gasteiger partial charge in [-0.3, -0.25) is 9.59 Å². The lowest BCUT2D eigenvalue weighted by molar-refractivity contribution is -0.140. The van der Waals surface area contributed by atoms with Crippen molar-refractivity contribution in [2.45, 2.75) is 33.8 Å². The van der Waals surface area contributed by atoms with Gasteiger partial charge in [-0.25, -0.2) is 4.79 Å². The molecule has 0 amide bonds. The second-order valence-electron chi connectivity index (χ2n) is 6.57. The molecule has 154 valence electrons.